The van der Waals surface area contributed by atoms with Crippen LogP contribution in [-0.2, 0) is 16.0 Å². The number of methoxy groups -OCH3 is 2. The molecule has 10 nitrogen and oxygen atoms in total. The number of quaternary nitrogens is 1. The van der Waals surface area contributed by atoms with E-state index in [-0.39, 0.29) is 31.2 Å². The number of carbonyl (C=O) groups excluding carboxylic acids is 1. The minimum Gasteiger partial charge on any atom is -0.496 e. The highest BCUT2D eigenvalue weighted by molar-refractivity contribution is 5.79. The predicted molar refractivity (Wildman–Crippen MR) is 169 cm³/mol. The number of amides is 1. The summed E-state index contributed by atoms with van der Waals surface area (Å²) >= 11 is 0. The topological polar surface area (TPSA) is 97.8 Å². The minimum absolute atomic E-state index is 0.0511. The van der Waals surface area contributed by atoms with Crippen molar-refractivity contribution in [3.63, 3.8) is 0 Å². The Kier molecular flexibility index (Phi) is 11.4. The molecule has 1 saturated heterocycles. The van der Waals surface area contributed by atoms with Gasteiger partial charge in [0, 0.05) is 38.0 Å². The molecule has 2 aromatic carbocycles. The van der Waals surface area contributed by atoms with Crippen LogP contribution < -0.4 is 18.9 Å². The van der Waals surface area contributed by atoms with Gasteiger partial charge in [-0.25, -0.2) is 0 Å². The number of hydrogen-bond acceptors (Lipinski definition) is 7. The molecule has 10 heteroatoms. The number of para-hydroxylation sites is 1. The zero-order valence-electron chi connectivity index (χ0n) is 27.2. The first kappa shape index (κ1) is 33.4. The first-order valence-corrected chi connectivity index (χ1v) is 15.7. The van der Waals surface area contributed by atoms with Crippen LogP contribution in [0.1, 0.15) is 49.7 Å². The van der Waals surface area contributed by atoms with Gasteiger partial charge < -0.3 is 33.4 Å². The maximum Gasteiger partial charge on any atom is 0.308 e. The molecule has 0 unspecified atom stereocenters. The van der Waals surface area contributed by atoms with E-state index in [4.69, 9.17) is 18.9 Å². The molecular formula is C34H50N3O7+. The summed E-state index contributed by atoms with van der Waals surface area (Å²) in [6, 6.07) is 11.2. The van der Waals surface area contributed by atoms with Crippen LogP contribution in [0.25, 0.3) is 0 Å². The molecule has 3 atom stereocenters. The van der Waals surface area contributed by atoms with Gasteiger partial charge in [0.05, 0.1) is 54.4 Å². The van der Waals surface area contributed by atoms with E-state index in [1.54, 1.807) is 14.2 Å². The Morgan fingerprint density at radius 2 is 1.77 bits per heavy atom. The van der Waals surface area contributed by atoms with Gasteiger partial charge in [-0.1, -0.05) is 31.5 Å². The number of aliphatic carboxylic acids is 1. The van der Waals surface area contributed by atoms with Crippen LogP contribution in [0.4, 0.5) is 0 Å². The number of nitrogens with zero attached hydrogens (tertiary/aromatic N) is 3. The second-order valence-electron chi connectivity index (χ2n) is 12.9. The molecule has 2 heterocycles. The highest BCUT2D eigenvalue weighted by Crippen LogP contribution is 2.47. The Morgan fingerprint density at radius 3 is 2.45 bits per heavy atom. The van der Waals surface area contributed by atoms with Crippen LogP contribution in [0, 0.1) is 5.92 Å². The van der Waals surface area contributed by atoms with Crippen molar-refractivity contribution in [3.05, 3.63) is 47.5 Å². The maximum absolute atomic E-state index is 13.9. The first-order valence-electron chi connectivity index (χ1n) is 15.7. The maximum atomic E-state index is 13.9. The van der Waals surface area contributed by atoms with Gasteiger partial charge in [0.1, 0.15) is 5.75 Å². The Labute approximate surface area is 262 Å². The molecule has 0 saturated carbocycles. The van der Waals surface area contributed by atoms with E-state index in [1.807, 2.05) is 41.3 Å². The molecule has 0 aliphatic carbocycles. The average molecular weight is 613 g/mol. The number of carbonyl (C=O) groups is 2. The molecule has 0 bridgehead atoms. The van der Waals surface area contributed by atoms with Crippen LogP contribution in [-0.4, -0.2) is 112 Å². The number of likely N-dealkylation sites (tertiary alicyclic amines) is 1. The fourth-order valence-corrected chi connectivity index (χ4v) is 6.49. The smallest absolute Gasteiger partial charge is 0.308 e. The lowest BCUT2D eigenvalue weighted by Crippen LogP contribution is -2.45. The van der Waals surface area contributed by atoms with Crippen LogP contribution >= 0.6 is 0 Å². The van der Waals surface area contributed by atoms with E-state index in [1.165, 1.54) is 0 Å². The molecule has 4 rings (SSSR count). The van der Waals surface area contributed by atoms with E-state index >= 15 is 0 Å². The molecule has 44 heavy (non-hydrogen) atoms. The van der Waals surface area contributed by atoms with E-state index < -0.39 is 11.9 Å². The summed E-state index contributed by atoms with van der Waals surface area (Å²) in [6.07, 6.45) is 4.04. The lowest BCUT2D eigenvalue weighted by Gasteiger charge is -2.31. The minimum atomic E-state index is -0.877. The highest BCUT2D eigenvalue weighted by Gasteiger charge is 2.47. The van der Waals surface area contributed by atoms with Gasteiger partial charge in [-0.15, -0.1) is 0 Å². The third-order valence-corrected chi connectivity index (χ3v) is 8.77. The quantitative estimate of drug-likeness (QED) is 0.281. The van der Waals surface area contributed by atoms with Gasteiger partial charge >= 0.3 is 5.97 Å². The monoisotopic (exact) mass is 612 g/mol. The Hall–Kier alpha value is -3.50. The fourth-order valence-electron chi connectivity index (χ4n) is 6.49. The molecule has 1 N–H and O–H groups in total. The average Bonchev–Trinajstić information content (AvgIpc) is 3.61. The van der Waals surface area contributed by atoms with Crippen molar-refractivity contribution in [2.45, 2.75) is 51.0 Å². The molecule has 242 valence electrons. The number of benzene rings is 2. The Balaban J connectivity index is 1.63. The summed E-state index contributed by atoms with van der Waals surface area (Å²) < 4.78 is 23.3. The van der Waals surface area contributed by atoms with Gasteiger partial charge in [-0.05, 0) is 48.6 Å². The van der Waals surface area contributed by atoms with Crippen molar-refractivity contribution in [1.82, 2.24) is 9.80 Å². The Morgan fingerprint density at radius 1 is 1.05 bits per heavy atom. The Bertz CT molecular complexity index is 1280. The fraction of sp³-hybridized carbons (Fsp3) is 0.588. The van der Waals surface area contributed by atoms with Crippen molar-refractivity contribution in [3.8, 4) is 23.0 Å². The normalized spacial score (nSPS) is 19.6. The summed E-state index contributed by atoms with van der Waals surface area (Å²) in [4.78, 5) is 31.0. The highest BCUT2D eigenvalue weighted by atomic mass is 16.7. The number of carboxylic acid groups (broad SMARTS) is 1. The van der Waals surface area contributed by atoms with Crippen molar-refractivity contribution in [1.29, 1.82) is 0 Å². The summed E-state index contributed by atoms with van der Waals surface area (Å²) in [7, 11) is 9.69. The summed E-state index contributed by atoms with van der Waals surface area (Å²) in [5, 5.41) is 10.7. The number of fused-ring (bicyclic) bond motifs is 1. The van der Waals surface area contributed by atoms with E-state index in [9.17, 15) is 14.7 Å². The largest absolute Gasteiger partial charge is 0.496 e. The standard InChI is InChI=1S/C34H49N3O7/c1-7-8-16-35(17-11-18-37(2,3)4)31(38)22-36-21-26(25-19-29(42-6)33-30(20-25)43-23-44-33)32(34(39)40)27(36)15-14-24-12-9-10-13-28(24)41-5/h9-10,12-13,19-20,26-27,32H,7-8,11,14-18,21-23H2,1-6H3/p+1/t26-,27+,32-/m1/s1. The molecule has 0 aromatic heterocycles. The lowest BCUT2D eigenvalue weighted by atomic mass is 9.83. The predicted octanol–water partition coefficient (Wildman–Crippen LogP) is 4.26. The van der Waals surface area contributed by atoms with Crippen LogP contribution in [0.2, 0.25) is 0 Å². The van der Waals surface area contributed by atoms with Gasteiger partial charge in [-0.2, -0.15) is 0 Å². The number of aryl methyl sites for hydroxylation is 1. The van der Waals surface area contributed by atoms with Crippen molar-refractivity contribution < 1.29 is 38.1 Å². The van der Waals surface area contributed by atoms with Gasteiger partial charge in [0.2, 0.25) is 18.4 Å². The third kappa shape index (κ3) is 8.15. The summed E-state index contributed by atoms with van der Waals surface area (Å²) in [5.74, 6) is 0.446. The number of carboxylic acids is 1. The molecule has 1 fully saturated rings. The summed E-state index contributed by atoms with van der Waals surface area (Å²) in [6.45, 7) is 5.19. The second kappa shape index (κ2) is 15.0. The third-order valence-electron chi connectivity index (χ3n) is 8.77. The molecule has 0 spiro atoms. The molecule has 2 aromatic rings. The second-order valence-corrected chi connectivity index (χ2v) is 12.9. The number of ether oxygens (including phenoxy) is 4. The van der Waals surface area contributed by atoms with E-state index in [2.05, 4.69) is 33.0 Å². The zero-order chi connectivity index (χ0) is 31.9. The van der Waals surface area contributed by atoms with Gasteiger partial charge in [0.15, 0.2) is 11.5 Å². The van der Waals surface area contributed by atoms with Crippen LogP contribution in [0.15, 0.2) is 36.4 Å². The SMILES string of the molecule is CCCCN(CCC[N+](C)(C)C)C(=O)CN1C[C@H](c2cc(OC)c3c(c2)OCO3)[C@@H](C(=O)O)[C@@H]1CCc1ccccc1OC. The number of unbranched alkanes of at least 4 members (excludes halogenated alkanes) is 1. The van der Waals surface area contributed by atoms with Crippen molar-refractivity contribution in [2.24, 2.45) is 5.92 Å². The lowest BCUT2D eigenvalue weighted by molar-refractivity contribution is -0.870. The van der Waals surface area contributed by atoms with Crippen LogP contribution in [0.3, 0.4) is 0 Å². The molecular weight excluding hydrogens is 562 g/mol. The number of hydrogen-bond donors (Lipinski definition) is 1. The van der Waals surface area contributed by atoms with Crippen LogP contribution in [0.5, 0.6) is 23.0 Å². The van der Waals surface area contributed by atoms with Crippen molar-refractivity contribution in [2.75, 3.05) is 74.9 Å². The summed E-state index contributed by atoms with van der Waals surface area (Å²) in [5.41, 5.74) is 1.82. The van der Waals surface area contributed by atoms with E-state index in [0.29, 0.717) is 49.7 Å². The first-order chi connectivity index (χ1) is 21.1. The molecule has 1 amide bonds. The van der Waals surface area contributed by atoms with Gasteiger partial charge in [0.25, 0.3) is 0 Å². The molecule has 0 radical (unpaired) electrons. The zero-order valence-corrected chi connectivity index (χ0v) is 27.2. The van der Waals surface area contributed by atoms with Gasteiger partial charge in [-0.3, -0.25) is 14.5 Å². The van der Waals surface area contributed by atoms with E-state index in [0.717, 1.165) is 47.2 Å². The number of rotatable bonds is 16. The molecule has 2 aliphatic rings. The van der Waals surface area contributed by atoms with Crippen molar-refractivity contribution >= 4 is 11.9 Å². The molecule has 2 aliphatic heterocycles.